The Morgan fingerprint density at radius 3 is 1.63 bits per heavy atom. The van der Waals surface area contributed by atoms with Gasteiger partial charge in [0.15, 0.2) is 0 Å². The Labute approximate surface area is 393 Å². The molecule has 3 aliphatic rings. The summed E-state index contributed by atoms with van der Waals surface area (Å²) in [6.07, 6.45) is 0. The van der Waals surface area contributed by atoms with E-state index in [1.165, 1.54) is 120 Å². The van der Waals surface area contributed by atoms with Crippen LogP contribution in [0.4, 0.5) is 17.1 Å². The second-order valence-electron chi connectivity index (χ2n) is 19.1. The largest absolute Gasteiger partial charge is 0.309 e. The third kappa shape index (κ3) is 4.74. The third-order valence-electron chi connectivity index (χ3n) is 15.6. The molecular formula is C64H42N2S. The molecule has 3 aliphatic carbocycles. The van der Waals surface area contributed by atoms with Crippen molar-refractivity contribution >= 4 is 70.4 Å². The first-order valence-electron chi connectivity index (χ1n) is 23.4. The summed E-state index contributed by atoms with van der Waals surface area (Å²) in [6.45, 7) is 4.78. The van der Waals surface area contributed by atoms with E-state index in [4.69, 9.17) is 0 Å². The van der Waals surface area contributed by atoms with Crippen LogP contribution in [-0.4, -0.2) is 4.57 Å². The molecule has 2 heterocycles. The van der Waals surface area contributed by atoms with Crippen molar-refractivity contribution in [1.29, 1.82) is 0 Å². The summed E-state index contributed by atoms with van der Waals surface area (Å²) in [5, 5.41) is 5.10. The van der Waals surface area contributed by atoms with Crippen LogP contribution in [0.5, 0.6) is 0 Å². The minimum absolute atomic E-state index is 0.165. The molecule has 15 rings (SSSR count). The highest BCUT2D eigenvalue weighted by Crippen LogP contribution is 2.65. The van der Waals surface area contributed by atoms with E-state index in [2.05, 4.69) is 242 Å². The molecule has 67 heavy (non-hydrogen) atoms. The van der Waals surface area contributed by atoms with Crippen molar-refractivity contribution < 1.29 is 0 Å². The van der Waals surface area contributed by atoms with Crippen LogP contribution in [0.2, 0.25) is 0 Å². The van der Waals surface area contributed by atoms with Gasteiger partial charge >= 0.3 is 0 Å². The SMILES string of the molecule is CC1(C)c2ccccc2-c2c(N(c3ccc4c(c3)c3cc5c(cc3n4-c3ccccc3)sc3ccccc35)c3cccc4c3-c3ccccc3C43c4ccccc4-c4ccccc43)cccc21. The standard InChI is InChI=1S/C64H42N2S/c1-63(2)49-25-11-8-23-44(49)61-53(63)29-16-31-56(61)66(57-32-17-30-54-62(57)45-24-9-14-28-52(45)64(54)50-26-12-6-20-41(50)42-21-7-13-27-51(42)64)40-34-35-55-46(36-40)47-37-48-43-22-10-15-33-59(43)67-60(48)38-58(47)65(55)39-18-4-3-5-19-39/h3-38H,1-2H3. The molecule has 12 aromatic rings. The summed E-state index contributed by atoms with van der Waals surface area (Å²) in [6, 6.07) is 82.5. The molecule has 0 saturated carbocycles. The molecule has 0 atom stereocenters. The lowest BCUT2D eigenvalue weighted by atomic mass is 9.70. The van der Waals surface area contributed by atoms with Gasteiger partial charge in [-0.15, -0.1) is 11.3 Å². The minimum Gasteiger partial charge on any atom is -0.309 e. The highest BCUT2D eigenvalue weighted by molar-refractivity contribution is 7.25. The highest BCUT2D eigenvalue weighted by atomic mass is 32.1. The predicted molar refractivity (Wildman–Crippen MR) is 282 cm³/mol. The summed E-state index contributed by atoms with van der Waals surface area (Å²) < 4.78 is 5.09. The van der Waals surface area contributed by atoms with Gasteiger partial charge in [0, 0.05) is 58.9 Å². The van der Waals surface area contributed by atoms with Gasteiger partial charge in [0.25, 0.3) is 0 Å². The number of thiophene rings is 1. The first-order chi connectivity index (χ1) is 33.0. The number of benzene rings is 10. The molecule has 0 amide bonds. The van der Waals surface area contributed by atoms with Crippen molar-refractivity contribution in [1.82, 2.24) is 4.57 Å². The average molecular weight is 871 g/mol. The maximum atomic E-state index is 2.61. The number of rotatable bonds is 4. The van der Waals surface area contributed by atoms with Gasteiger partial charge in [0.2, 0.25) is 0 Å². The van der Waals surface area contributed by atoms with Crippen molar-refractivity contribution in [3.8, 4) is 39.1 Å². The molecule has 0 N–H and O–H groups in total. The number of aromatic nitrogens is 1. The fraction of sp³-hybridized carbons (Fsp3) is 0.0625. The van der Waals surface area contributed by atoms with Gasteiger partial charge < -0.3 is 9.47 Å². The molecule has 0 saturated heterocycles. The molecule has 0 bridgehead atoms. The summed E-state index contributed by atoms with van der Waals surface area (Å²) in [5.74, 6) is 0. The lowest BCUT2D eigenvalue weighted by molar-refractivity contribution is 0.660. The molecule has 10 aromatic carbocycles. The van der Waals surface area contributed by atoms with Crippen LogP contribution in [-0.2, 0) is 10.8 Å². The van der Waals surface area contributed by atoms with E-state index in [0.717, 1.165) is 11.4 Å². The monoisotopic (exact) mass is 870 g/mol. The van der Waals surface area contributed by atoms with Crippen LogP contribution in [0.1, 0.15) is 47.2 Å². The molecule has 0 fully saturated rings. The van der Waals surface area contributed by atoms with Gasteiger partial charge in [-0.3, -0.25) is 0 Å². The summed E-state index contributed by atoms with van der Waals surface area (Å²) in [7, 11) is 0. The second kappa shape index (κ2) is 13.3. The molecule has 2 nitrogen and oxygen atoms in total. The molecule has 0 radical (unpaired) electrons. The first kappa shape index (κ1) is 37.3. The van der Waals surface area contributed by atoms with Gasteiger partial charge in [-0.1, -0.05) is 172 Å². The summed E-state index contributed by atoms with van der Waals surface area (Å²) in [4.78, 5) is 2.61. The summed E-state index contributed by atoms with van der Waals surface area (Å²) >= 11 is 1.88. The van der Waals surface area contributed by atoms with Crippen LogP contribution in [0.3, 0.4) is 0 Å². The lowest BCUT2D eigenvalue weighted by Gasteiger charge is -2.32. The zero-order valence-electron chi connectivity index (χ0n) is 37.1. The van der Waals surface area contributed by atoms with E-state index >= 15 is 0 Å². The Hall–Kier alpha value is -7.98. The Morgan fingerprint density at radius 1 is 0.373 bits per heavy atom. The zero-order chi connectivity index (χ0) is 44.2. The molecular weight excluding hydrogens is 829 g/mol. The van der Waals surface area contributed by atoms with E-state index in [1.807, 2.05) is 11.3 Å². The highest BCUT2D eigenvalue weighted by Gasteiger charge is 2.52. The minimum atomic E-state index is -0.463. The molecule has 0 aliphatic heterocycles. The molecule has 314 valence electrons. The van der Waals surface area contributed by atoms with Crippen molar-refractivity contribution in [2.24, 2.45) is 0 Å². The lowest BCUT2D eigenvalue weighted by Crippen LogP contribution is -2.26. The van der Waals surface area contributed by atoms with E-state index < -0.39 is 5.41 Å². The number of anilines is 3. The topological polar surface area (TPSA) is 8.17 Å². The second-order valence-corrected chi connectivity index (χ2v) is 20.2. The van der Waals surface area contributed by atoms with E-state index in [-0.39, 0.29) is 5.41 Å². The van der Waals surface area contributed by atoms with Crippen LogP contribution in [0.25, 0.3) is 81.0 Å². The number of hydrogen-bond donors (Lipinski definition) is 0. The predicted octanol–water partition coefficient (Wildman–Crippen LogP) is 17.3. The fourth-order valence-electron chi connectivity index (χ4n) is 12.9. The first-order valence-corrected chi connectivity index (χ1v) is 24.2. The van der Waals surface area contributed by atoms with E-state index in [9.17, 15) is 0 Å². The normalized spacial score (nSPS) is 14.4. The Morgan fingerprint density at radius 2 is 0.910 bits per heavy atom. The molecule has 0 unspecified atom stereocenters. The fourth-order valence-corrected chi connectivity index (χ4v) is 14.0. The maximum absolute atomic E-state index is 2.61. The molecule has 3 heteroatoms. The van der Waals surface area contributed by atoms with E-state index in [1.54, 1.807) is 0 Å². The van der Waals surface area contributed by atoms with Crippen LogP contribution in [0.15, 0.2) is 218 Å². The number of nitrogens with zero attached hydrogens (tertiary/aromatic N) is 2. The quantitative estimate of drug-likeness (QED) is 0.171. The van der Waals surface area contributed by atoms with Gasteiger partial charge in [-0.2, -0.15) is 0 Å². The van der Waals surface area contributed by atoms with Crippen molar-refractivity contribution in [2.45, 2.75) is 24.7 Å². The Balaban J connectivity index is 1.07. The van der Waals surface area contributed by atoms with Crippen LogP contribution in [0, 0.1) is 0 Å². The average Bonchev–Trinajstić information content (AvgIpc) is 4.14. The van der Waals surface area contributed by atoms with E-state index in [0.29, 0.717) is 0 Å². The Kier molecular flexibility index (Phi) is 7.41. The van der Waals surface area contributed by atoms with Gasteiger partial charge in [-0.05, 0) is 116 Å². The molecule has 1 spiro atoms. The molecule has 2 aromatic heterocycles. The maximum Gasteiger partial charge on any atom is 0.0726 e. The smallest absolute Gasteiger partial charge is 0.0726 e. The summed E-state index contributed by atoms with van der Waals surface area (Å²) in [5.41, 5.74) is 22.3. The van der Waals surface area contributed by atoms with Gasteiger partial charge in [-0.25, -0.2) is 0 Å². The van der Waals surface area contributed by atoms with Crippen molar-refractivity contribution in [3.63, 3.8) is 0 Å². The number of fused-ring (bicyclic) bond motifs is 19. The third-order valence-corrected chi connectivity index (χ3v) is 16.7. The Bertz CT molecular complexity index is 4040. The van der Waals surface area contributed by atoms with Crippen LogP contribution < -0.4 is 4.90 Å². The van der Waals surface area contributed by atoms with Crippen LogP contribution >= 0.6 is 11.3 Å². The van der Waals surface area contributed by atoms with Crippen molar-refractivity contribution in [2.75, 3.05) is 4.90 Å². The van der Waals surface area contributed by atoms with Crippen molar-refractivity contribution in [3.05, 3.63) is 252 Å². The number of hydrogen-bond acceptors (Lipinski definition) is 2. The zero-order valence-corrected chi connectivity index (χ0v) is 37.9. The number of para-hydroxylation sites is 1. The van der Waals surface area contributed by atoms with Gasteiger partial charge in [0.1, 0.15) is 0 Å². The van der Waals surface area contributed by atoms with Gasteiger partial charge in [0.05, 0.1) is 27.8 Å².